The quantitative estimate of drug-likeness (QED) is 0.854. The van der Waals surface area contributed by atoms with E-state index in [1.54, 1.807) is 18.2 Å². The van der Waals surface area contributed by atoms with E-state index in [2.05, 4.69) is 0 Å². The zero-order chi connectivity index (χ0) is 16.6. The van der Waals surface area contributed by atoms with Crippen LogP contribution in [0.2, 0.25) is 5.02 Å². The van der Waals surface area contributed by atoms with E-state index in [0.717, 1.165) is 11.0 Å². The SMILES string of the molecule is COc1ccc(Cl)cc1Cn1c(=O)c(C#N)c2n(c1=O)CCC2. The lowest BCUT2D eigenvalue weighted by atomic mass is 10.1. The third-order valence-electron chi connectivity index (χ3n) is 4.01. The van der Waals surface area contributed by atoms with Crippen LogP contribution in [0.3, 0.4) is 0 Å². The second-order valence-corrected chi connectivity index (χ2v) is 5.76. The fraction of sp³-hybridized carbons (Fsp3) is 0.312. The van der Waals surface area contributed by atoms with Crippen LogP contribution >= 0.6 is 11.6 Å². The Morgan fingerprint density at radius 3 is 2.87 bits per heavy atom. The van der Waals surface area contributed by atoms with Gasteiger partial charge in [0.15, 0.2) is 0 Å². The van der Waals surface area contributed by atoms with Crippen molar-refractivity contribution in [1.82, 2.24) is 9.13 Å². The van der Waals surface area contributed by atoms with Crippen molar-refractivity contribution in [2.75, 3.05) is 7.11 Å². The fourth-order valence-electron chi connectivity index (χ4n) is 2.93. The molecule has 2 heterocycles. The number of methoxy groups -OCH3 is 1. The molecule has 6 nitrogen and oxygen atoms in total. The first-order valence-electron chi connectivity index (χ1n) is 7.16. The zero-order valence-electron chi connectivity index (χ0n) is 12.5. The van der Waals surface area contributed by atoms with E-state index in [0.29, 0.717) is 35.0 Å². The minimum Gasteiger partial charge on any atom is -0.496 e. The van der Waals surface area contributed by atoms with Gasteiger partial charge >= 0.3 is 5.69 Å². The van der Waals surface area contributed by atoms with E-state index in [4.69, 9.17) is 16.3 Å². The zero-order valence-corrected chi connectivity index (χ0v) is 13.3. The third-order valence-corrected chi connectivity index (χ3v) is 4.25. The highest BCUT2D eigenvalue weighted by atomic mass is 35.5. The van der Waals surface area contributed by atoms with E-state index in [1.165, 1.54) is 11.7 Å². The summed E-state index contributed by atoms with van der Waals surface area (Å²) in [5.41, 5.74) is 0.234. The van der Waals surface area contributed by atoms with Crippen LogP contribution in [0.1, 0.15) is 23.2 Å². The van der Waals surface area contributed by atoms with Gasteiger partial charge in [-0.25, -0.2) is 4.79 Å². The first kappa shape index (κ1) is 15.4. The summed E-state index contributed by atoms with van der Waals surface area (Å²) in [4.78, 5) is 25.1. The molecule has 0 atom stereocenters. The molecule has 118 valence electrons. The highest BCUT2D eigenvalue weighted by Gasteiger charge is 2.23. The van der Waals surface area contributed by atoms with Gasteiger partial charge in [-0.15, -0.1) is 0 Å². The maximum absolute atomic E-state index is 12.6. The van der Waals surface area contributed by atoms with Crippen molar-refractivity contribution in [3.63, 3.8) is 0 Å². The fourth-order valence-corrected chi connectivity index (χ4v) is 3.12. The van der Waals surface area contributed by atoms with E-state index in [9.17, 15) is 14.9 Å². The first-order valence-corrected chi connectivity index (χ1v) is 7.53. The minimum atomic E-state index is -0.562. The van der Waals surface area contributed by atoms with Gasteiger partial charge in [-0.1, -0.05) is 11.6 Å². The topological polar surface area (TPSA) is 77.0 Å². The number of hydrogen-bond acceptors (Lipinski definition) is 4. The predicted octanol–water partition coefficient (Wildman–Crippen LogP) is 1.54. The number of nitriles is 1. The van der Waals surface area contributed by atoms with Gasteiger partial charge in [-0.05, 0) is 31.0 Å². The second kappa shape index (κ2) is 5.94. The van der Waals surface area contributed by atoms with E-state index in [1.807, 2.05) is 6.07 Å². The summed E-state index contributed by atoms with van der Waals surface area (Å²) in [6, 6.07) is 6.94. The molecule has 0 fully saturated rings. The minimum absolute atomic E-state index is 0.0103. The highest BCUT2D eigenvalue weighted by molar-refractivity contribution is 6.30. The van der Waals surface area contributed by atoms with E-state index < -0.39 is 11.2 Å². The summed E-state index contributed by atoms with van der Waals surface area (Å²) in [5, 5.41) is 9.77. The number of rotatable bonds is 3. The number of halogens is 1. The average Bonchev–Trinajstić information content (AvgIpc) is 3.01. The van der Waals surface area contributed by atoms with Gasteiger partial charge in [-0.2, -0.15) is 5.26 Å². The molecule has 3 rings (SSSR count). The van der Waals surface area contributed by atoms with Gasteiger partial charge in [0.05, 0.1) is 13.7 Å². The molecule has 1 aliphatic heterocycles. The average molecular weight is 332 g/mol. The molecule has 0 saturated heterocycles. The third kappa shape index (κ3) is 2.53. The van der Waals surface area contributed by atoms with Crippen molar-refractivity contribution in [2.24, 2.45) is 0 Å². The number of nitrogens with zero attached hydrogens (tertiary/aromatic N) is 3. The molecular formula is C16H14ClN3O3. The molecule has 0 spiro atoms. The normalized spacial score (nSPS) is 12.7. The van der Waals surface area contributed by atoms with Gasteiger partial charge in [0.2, 0.25) is 0 Å². The lowest BCUT2D eigenvalue weighted by Gasteiger charge is -2.13. The maximum Gasteiger partial charge on any atom is 0.331 e. The Morgan fingerprint density at radius 1 is 1.39 bits per heavy atom. The molecule has 0 radical (unpaired) electrons. The van der Waals surface area contributed by atoms with Crippen molar-refractivity contribution < 1.29 is 4.74 Å². The Labute approximate surface area is 137 Å². The lowest BCUT2D eigenvalue weighted by Crippen LogP contribution is -2.42. The Morgan fingerprint density at radius 2 is 2.17 bits per heavy atom. The summed E-state index contributed by atoms with van der Waals surface area (Å²) in [6.07, 6.45) is 1.34. The molecule has 0 aliphatic carbocycles. The van der Waals surface area contributed by atoms with Crippen LogP contribution in [0.25, 0.3) is 0 Å². The van der Waals surface area contributed by atoms with Gasteiger partial charge < -0.3 is 4.74 Å². The van der Waals surface area contributed by atoms with Crippen molar-refractivity contribution in [3.8, 4) is 11.8 Å². The van der Waals surface area contributed by atoms with Crippen molar-refractivity contribution in [3.05, 3.63) is 60.9 Å². The van der Waals surface area contributed by atoms with Crippen molar-refractivity contribution in [1.29, 1.82) is 5.26 Å². The summed E-state index contributed by atoms with van der Waals surface area (Å²) < 4.78 is 7.84. The summed E-state index contributed by atoms with van der Waals surface area (Å²) in [7, 11) is 1.51. The number of fused-ring (bicyclic) bond motifs is 1. The van der Waals surface area contributed by atoms with E-state index in [-0.39, 0.29) is 12.1 Å². The predicted molar refractivity (Wildman–Crippen MR) is 85.1 cm³/mol. The molecule has 23 heavy (non-hydrogen) atoms. The number of benzene rings is 1. The summed E-state index contributed by atoms with van der Waals surface area (Å²) >= 11 is 5.99. The molecule has 7 heteroatoms. The van der Waals surface area contributed by atoms with Gasteiger partial charge in [0.1, 0.15) is 17.4 Å². The highest BCUT2D eigenvalue weighted by Crippen LogP contribution is 2.23. The van der Waals surface area contributed by atoms with Crippen LogP contribution in [-0.4, -0.2) is 16.2 Å². The number of ether oxygens (including phenoxy) is 1. The molecule has 0 unspecified atom stereocenters. The van der Waals surface area contributed by atoms with Crippen LogP contribution in [0.4, 0.5) is 0 Å². The van der Waals surface area contributed by atoms with Crippen LogP contribution in [-0.2, 0) is 19.5 Å². The maximum atomic E-state index is 12.6. The Kier molecular flexibility index (Phi) is 3.97. The van der Waals surface area contributed by atoms with Crippen LogP contribution in [0.5, 0.6) is 5.75 Å². The largest absolute Gasteiger partial charge is 0.496 e. The molecule has 1 aromatic heterocycles. The smallest absolute Gasteiger partial charge is 0.331 e. The van der Waals surface area contributed by atoms with Crippen LogP contribution in [0.15, 0.2) is 27.8 Å². The molecule has 0 bridgehead atoms. The van der Waals surface area contributed by atoms with Gasteiger partial charge in [0.25, 0.3) is 5.56 Å². The molecule has 0 amide bonds. The molecule has 2 aromatic rings. The lowest BCUT2D eigenvalue weighted by molar-refractivity contribution is 0.407. The Bertz CT molecular complexity index is 937. The number of aromatic nitrogens is 2. The Hall–Kier alpha value is -2.52. The standard InChI is InChI=1S/C16H14ClN3O3/c1-23-14-5-4-11(17)7-10(14)9-20-15(21)12(8-18)13-3-2-6-19(13)16(20)22/h4-5,7H,2-3,6,9H2,1H3. The molecule has 1 aliphatic rings. The number of hydrogen-bond donors (Lipinski definition) is 0. The molecular weight excluding hydrogens is 318 g/mol. The molecule has 0 N–H and O–H groups in total. The van der Waals surface area contributed by atoms with Gasteiger partial charge in [-0.3, -0.25) is 13.9 Å². The van der Waals surface area contributed by atoms with E-state index >= 15 is 0 Å². The summed E-state index contributed by atoms with van der Waals surface area (Å²) in [5.74, 6) is 0.532. The van der Waals surface area contributed by atoms with Crippen molar-refractivity contribution in [2.45, 2.75) is 25.9 Å². The molecule has 1 aromatic carbocycles. The van der Waals surface area contributed by atoms with Crippen molar-refractivity contribution >= 4 is 11.6 Å². The van der Waals surface area contributed by atoms with Crippen LogP contribution < -0.4 is 16.0 Å². The summed E-state index contributed by atoms with van der Waals surface area (Å²) in [6.45, 7) is 0.534. The Balaban J connectivity index is 2.20. The molecule has 0 saturated carbocycles. The van der Waals surface area contributed by atoms with Gasteiger partial charge in [0, 0.05) is 22.8 Å². The monoisotopic (exact) mass is 331 g/mol. The van der Waals surface area contributed by atoms with Crippen LogP contribution in [0, 0.1) is 11.3 Å². The first-order chi connectivity index (χ1) is 11.1. The second-order valence-electron chi connectivity index (χ2n) is 5.32.